The maximum Gasteiger partial charge on any atom is 0.193 e. The average Bonchev–Trinajstić information content (AvgIpc) is 2.28. The first-order valence-corrected chi connectivity index (χ1v) is 7.59. The topological polar surface area (TPSA) is 71.4 Å². The molecular formula is C13H20O4S. The number of aliphatic hydroxyl groups is 1. The van der Waals surface area contributed by atoms with Crippen LogP contribution in [0, 0.1) is 0 Å². The normalized spacial score (nSPS) is 11.4. The van der Waals surface area contributed by atoms with E-state index < -0.39 is 21.2 Å². The molecule has 0 aliphatic carbocycles. The Bertz CT molecular complexity index is 493. The van der Waals surface area contributed by atoms with Crippen LogP contribution in [0.5, 0.6) is 0 Å². The van der Waals surface area contributed by atoms with Gasteiger partial charge in [0.15, 0.2) is 15.6 Å². The van der Waals surface area contributed by atoms with Crippen LogP contribution in [0.1, 0.15) is 38.1 Å². The smallest absolute Gasteiger partial charge is 0.193 e. The summed E-state index contributed by atoms with van der Waals surface area (Å²) < 4.78 is 22.4. The minimum Gasteiger partial charge on any atom is -0.382 e. The van der Waals surface area contributed by atoms with Gasteiger partial charge in [-0.3, -0.25) is 4.79 Å². The lowest BCUT2D eigenvalue weighted by atomic mass is 9.97. The van der Waals surface area contributed by atoms with Gasteiger partial charge in [-0.05, 0) is 26.0 Å². The summed E-state index contributed by atoms with van der Waals surface area (Å²) in [5, 5.41) is 9.50. The van der Waals surface area contributed by atoms with Crippen molar-refractivity contribution in [3.05, 3.63) is 29.8 Å². The standard InChI is InChI=1S/C11H14O4S.C2H6/c1-11(2,13)10(12)8-4-6-9(7-5-8)16(3,14)15;1-2/h4-7,13H,1-3H3;1-2H3. The number of Topliss-reactive ketones (excluding diaryl/α,β-unsaturated/α-hetero) is 1. The minimum atomic E-state index is -3.25. The molecule has 0 bridgehead atoms. The molecule has 1 aromatic carbocycles. The third-order valence-corrected chi connectivity index (χ3v) is 3.23. The van der Waals surface area contributed by atoms with E-state index in [2.05, 4.69) is 0 Å². The number of carbonyl (C=O) groups is 1. The molecule has 0 spiro atoms. The molecule has 0 aliphatic heterocycles. The fraction of sp³-hybridized carbons (Fsp3) is 0.462. The molecule has 0 amide bonds. The lowest BCUT2D eigenvalue weighted by molar-refractivity contribution is 0.0488. The number of hydrogen-bond acceptors (Lipinski definition) is 4. The number of ketones is 1. The molecule has 0 aliphatic rings. The Kier molecular flexibility index (Phi) is 5.70. The van der Waals surface area contributed by atoms with Crippen molar-refractivity contribution in [2.45, 2.75) is 38.2 Å². The van der Waals surface area contributed by atoms with E-state index >= 15 is 0 Å². The fourth-order valence-corrected chi connectivity index (χ4v) is 1.84. The molecule has 0 atom stereocenters. The van der Waals surface area contributed by atoms with Gasteiger partial charge >= 0.3 is 0 Å². The van der Waals surface area contributed by atoms with Crippen molar-refractivity contribution in [2.75, 3.05) is 6.26 Å². The van der Waals surface area contributed by atoms with Crippen LogP contribution in [0.15, 0.2) is 29.2 Å². The third-order valence-electron chi connectivity index (χ3n) is 2.10. The molecular weight excluding hydrogens is 252 g/mol. The molecule has 1 N–H and O–H groups in total. The fourth-order valence-electron chi connectivity index (χ4n) is 1.21. The molecule has 1 rings (SSSR count). The summed E-state index contributed by atoms with van der Waals surface area (Å²) in [5.74, 6) is -0.437. The van der Waals surface area contributed by atoms with Crippen molar-refractivity contribution < 1.29 is 18.3 Å². The summed E-state index contributed by atoms with van der Waals surface area (Å²) in [7, 11) is -3.25. The second-order valence-corrected chi connectivity index (χ2v) is 6.20. The number of benzene rings is 1. The van der Waals surface area contributed by atoms with Crippen LogP contribution in [-0.2, 0) is 9.84 Å². The molecule has 0 saturated heterocycles. The molecule has 18 heavy (non-hydrogen) atoms. The zero-order chi connectivity index (χ0) is 14.6. The first-order chi connectivity index (χ1) is 8.12. The van der Waals surface area contributed by atoms with Crippen LogP contribution < -0.4 is 0 Å². The highest BCUT2D eigenvalue weighted by atomic mass is 32.2. The van der Waals surface area contributed by atoms with E-state index in [0.29, 0.717) is 5.56 Å². The molecule has 5 heteroatoms. The molecule has 0 fully saturated rings. The molecule has 1 aromatic rings. The Morgan fingerprint density at radius 3 is 1.78 bits per heavy atom. The predicted octanol–water partition coefficient (Wildman–Crippen LogP) is 2.07. The summed E-state index contributed by atoms with van der Waals surface area (Å²) in [6.45, 7) is 6.78. The quantitative estimate of drug-likeness (QED) is 0.855. The van der Waals surface area contributed by atoms with Crippen LogP contribution in [0.2, 0.25) is 0 Å². The van der Waals surface area contributed by atoms with Gasteiger partial charge in [-0.15, -0.1) is 0 Å². The van der Waals surface area contributed by atoms with Crippen LogP contribution >= 0.6 is 0 Å². The number of rotatable bonds is 3. The van der Waals surface area contributed by atoms with Crippen molar-refractivity contribution >= 4 is 15.6 Å². The second kappa shape index (κ2) is 6.11. The maximum atomic E-state index is 11.6. The van der Waals surface area contributed by atoms with Crippen molar-refractivity contribution in [1.82, 2.24) is 0 Å². The summed E-state index contributed by atoms with van der Waals surface area (Å²) in [6.07, 6.45) is 1.10. The lowest BCUT2D eigenvalue weighted by Crippen LogP contribution is -2.31. The number of carbonyl (C=O) groups excluding carboxylic acids is 1. The Labute approximate surface area is 109 Å². The van der Waals surface area contributed by atoms with Crippen molar-refractivity contribution in [2.24, 2.45) is 0 Å². The van der Waals surface area contributed by atoms with E-state index in [0.717, 1.165) is 6.26 Å². The summed E-state index contributed by atoms with van der Waals surface area (Å²) in [5.41, 5.74) is -1.16. The van der Waals surface area contributed by atoms with E-state index in [9.17, 15) is 18.3 Å². The average molecular weight is 272 g/mol. The Morgan fingerprint density at radius 2 is 1.50 bits per heavy atom. The van der Waals surface area contributed by atoms with Crippen molar-refractivity contribution in [3.8, 4) is 0 Å². The summed E-state index contributed by atoms with van der Waals surface area (Å²) in [6, 6.07) is 5.51. The van der Waals surface area contributed by atoms with Gasteiger partial charge in [0.05, 0.1) is 4.90 Å². The van der Waals surface area contributed by atoms with Gasteiger partial charge in [0, 0.05) is 11.8 Å². The van der Waals surface area contributed by atoms with Crippen LogP contribution in [0.3, 0.4) is 0 Å². The Hall–Kier alpha value is -1.20. The highest BCUT2D eigenvalue weighted by molar-refractivity contribution is 7.90. The van der Waals surface area contributed by atoms with Crippen LogP contribution in [-0.4, -0.2) is 31.2 Å². The second-order valence-electron chi connectivity index (χ2n) is 4.18. The molecule has 0 unspecified atom stereocenters. The van der Waals surface area contributed by atoms with Gasteiger partial charge in [0.2, 0.25) is 0 Å². The zero-order valence-corrected chi connectivity index (χ0v) is 12.2. The summed E-state index contributed by atoms with van der Waals surface area (Å²) in [4.78, 5) is 11.8. The molecule has 4 nitrogen and oxygen atoms in total. The van der Waals surface area contributed by atoms with Gasteiger partial charge in [0.25, 0.3) is 0 Å². The summed E-state index contributed by atoms with van der Waals surface area (Å²) >= 11 is 0. The van der Waals surface area contributed by atoms with Gasteiger partial charge < -0.3 is 5.11 Å². The molecule has 0 saturated carbocycles. The highest BCUT2D eigenvalue weighted by Gasteiger charge is 2.25. The first-order valence-electron chi connectivity index (χ1n) is 5.69. The highest BCUT2D eigenvalue weighted by Crippen LogP contribution is 2.15. The van der Waals surface area contributed by atoms with E-state index in [-0.39, 0.29) is 4.90 Å². The Balaban J connectivity index is 0.00000137. The molecule has 0 radical (unpaired) electrons. The number of hydrogen-bond donors (Lipinski definition) is 1. The molecule has 102 valence electrons. The largest absolute Gasteiger partial charge is 0.382 e. The van der Waals surface area contributed by atoms with Gasteiger partial charge in [-0.2, -0.15) is 0 Å². The maximum absolute atomic E-state index is 11.6. The van der Waals surface area contributed by atoms with Gasteiger partial charge in [-0.1, -0.05) is 26.0 Å². The van der Waals surface area contributed by atoms with Crippen LogP contribution in [0.25, 0.3) is 0 Å². The van der Waals surface area contributed by atoms with E-state index in [1.165, 1.54) is 38.1 Å². The Morgan fingerprint density at radius 1 is 1.11 bits per heavy atom. The lowest BCUT2D eigenvalue weighted by Gasteiger charge is -2.15. The SMILES string of the molecule is CC.CC(C)(O)C(=O)c1ccc(S(C)(=O)=O)cc1. The van der Waals surface area contributed by atoms with E-state index in [4.69, 9.17) is 0 Å². The van der Waals surface area contributed by atoms with Crippen LogP contribution in [0.4, 0.5) is 0 Å². The minimum absolute atomic E-state index is 0.153. The van der Waals surface area contributed by atoms with Crippen molar-refractivity contribution in [3.63, 3.8) is 0 Å². The van der Waals surface area contributed by atoms with E-state index in [1.54, 1.807) is 0 Å². The molecule has 0 heterocycles. The van der Waals surface area contributed by atoms with E-state index in [1.807, 2.05) is 13.8 Å². The van der Waals surface area contributed by atoms with Gasteiger partial charge in [0.1, 0.15) is 5.60 Å². The number of sulfone groups is 1. The third kappa shape index (κ3) is 4.58. The van der Waals surface area contributed by atoms with Gasteiger partial charge in [-0.25, -0.2) is 8.42 Å². The first kappa shape index (κ1) is 16.8. The zero-order valence-electron chi connectivity index (χ0n) is 11.4. The molecule has 0 aromatic heterocycles. The predicted molar refractivity (Wildman–Crippen MR) is 71.5 cm³/mol. The monoisotopic (exact) mass is 272 g/mol. The van der Waals surface area contributed by atoms with Crippen molar-refractivity contribution in [1.29, 1.82) is 0 Å².